The Morgan fingerprint density at radius 1 is 0.909 bits per heavy atom. The van der Waals surface area contributed by atoms with Gasteiger partial charge in [-0.05, 0) is 72.7 Å². The lowest BCUT2D eigenvalue weighted by Gasteiger charge is -2.39. The fourth-order valence-corrected chi connectivity index (χ4v) is 6.04. The highest BCUT2D eigenvalue weighted by molar-refractivity contribution is 5.96. The summed E-state index contributed by atoms with van der Waals surface area (Å²) >= 11 is 0. The maximum absolute atomic E-state index is 13.7. The molecule has 0 radical (unpaired) electrons. The number of hydrogen-bond donors (Lipinski definition) is 0. The molecule has 2 aliphatic rings. The van der Waals surface area contributed by atoms with E-state index < -0.39 is 0 Å². The minimum absolute atomic E-state index is 0.194. The highest BCUT2D eigenvalue weighted by Crippen LogP contribution is 2.41. The van der Waals surface area contributed by atoms with Crippen molar-refractivity contribution in [3.63, 3.8) is 0 Å². The van der Waals surface area contributed by atoms with Crippen LogP contribution in [0.25, 0.3) is 10.8 Å². The van der Waals surface area contributed by atoms with Crippen LogP contribution in [0.4, 0.5) is 0 Å². The van der Waals surface area contributed by atoms with Crippen molar-refractivity contribution in [3.8, 4) is 0 Å². The van der Waals surface area contributed by atoms with Gasteiger partial charge in [0.05, 0.1) is 6.54 Å². The number of aromatic nitrogens is 3. The van der Waals surface area contributed by atoms with Gasteiger partial charge in [-0.25, -0.2) is 0 Å². The highest BCUT2D eigenvalue weighted by atomic mass is 16.2. The molecular weight excluding hydrogens is 408 g/mol. The fourth-order valence-electron chi connectivity index (χ4n) is 6.04. The zero-order valence-corrected chi connectivity index (χ0v) is 18.7. The molecule has 0 N–H and O–H groups in total. The Bertz CT molecular complexity index is 1260. The van der Waals surface area contributed by atoms with Crippen molar-refractivity contribution in [1.29, 1.82) is 0 Å². The van der Waals surface area contributed by atoms with Gasteiger partial charge >= 0.3 is 0 Å². The second-order valence-corrected chi connectivity index (χ2v) is 9.51. The van der Waals surface area contributed by atoms with E-state index in [0.29, 0.717) is 24.5 Å². The van der Waals surface area contributed by atoms with Gasteiger partial charge in [0.25, 0.3) is 5.91 Å². The van der Waals surface area contributed by atoms with Crippen LogP contribution in [0.1, 0.15) is 47.2 Å². The van der Waals surface area contributed by atoms with Crippen LogP contribution in [0, 0.1) is 5.92 Å². The molecule has 2 aromatic heterocycles. The first-order chi connectivity index (χ1) is 16.3. The van der Waals surface area contributed by atoms with Gasteiger partial charge in [0.2, 0.25) is 0 Å². The Morgan fingerprint density at radius 3 is 2.55 bits per heavy atom. The minimum atomic E-state index is 0.194. The minimum Gasteiger partial charge on any atom is -0.333 e. The van der Waals surface area contributed by atoms with Crippen molar-refractivity contribution in [2.45, 2.75) is 50.7 Å². The predicted octanol–water partition coefficient (Wildman–Crippen LogP) is 5.11. The Morgan fingerprint density at radius 2 is 1.73 bits per heavy atom. The third kappa shape index (κ3) is 3.82. The van der Waals surface area contributed by atoms with E-state index in [9.17, 15) is 4.79 Å². The average molecular weight is 437 g/mol. The van der Waals surface area contributed by atoms with E-state index in [1.165, 1.54) is 16.3 Å². The SMILES string of the molecule is O=C(c1ccccc1Cn1cccn1)N1[C@H]2CC[C@H]1CC(Cc1cccc3cnccc13)C2. The number of benzene rings is 2. The Labute approximate surface area is 194 Å². The first kappa shape index (κ1) is 20.2. The number of piperidine rings is 1. The zero-order chi connectivity index (χ0) is 22.2. The van der Waals surface area contributed by atoms with Crippen molar-refractivity contribution < 1.29 is 4.79 Å². The number of rotatable bonds is 5. The molecule has 33 heavy (non-hydrogen) atoms. The molecule has 5 heteroatoms. The Kier molecular flexibility index (Phi) is 5.17. The molecule has 2 atom stereocenters. The predicted molar refractivity (Wildman–Crippen MR) is 129 cm³/mol. The molecular formula is C28H28N4O. The summed E-state index contributed by atoms with van der Waals surface area (Å²) in [4.78, 5) is 20.2. The van der Waals surface area contributed by atoms with Gasteiger partial charge in [-0.3, -0.25) is 14.5 Å². The summed E-state index contributed by atoms with van der Waals surface area (Å²) in [5.74, 6) is 0.810. The number of carbonyl (C=O) groups is 1. The van der Waals surface area contributed by atoms with E-state index >= 15 is 0 Å². The van der Waals surface area contributed by atoms with Crippen LogP contribution in [-0.4, -0.2) is 37.7 Å². The van der Waals surface area contributed by atoms with Crippen LogP contribution in [0.2, 0.25) is 0 Å². The summed E-state index contributed by atoms with van der Waals surface area (Å²) in [7, 11) is 0. The number of nitrogens with zero attached hydrogens (tertiary/aromatic N) is 4. The largest absolute Gasteiger partial charge is 0.333 e. The molecule has 2 aliphatic heterocycles. The molecule has 0 saturated carbocycles. The van der Waals surface area contributed by atoms with Crippen LogP contribution in [0.15, 0.2) is 79.4 Å². The molecule has 0 unspecified atom stereocenters. The van der Waals surface area contributed by atoms with E-state index in [2.05, 4.69) is 45.3 Å². The van der Waals surface area contributed by atoms with Gasteiger partial charge < -0.3 is 4.90 Å². The number of amides is 1. The first-order valence-electron chi connectivity index (χ1n) is 12.0. The smallest absolute Gasteiger partial charge is 0.254 e. The molecule has 0 spiro atoms. The summed E-state index contributed by atoms with van der Waals surface area (Å²) in [6, 6.07) is 19.3. The van der Waals surface area contributed by atoms with Crippen LogP contribution in [-0.2, 0) is 13.0 Å². The van der Waals surface area contributed by atoms with E-state index in [1.54, 1.807) is 6.20 Å². The molecule has 2 fully saturated rings. The van der Waals surface area contributed by atoms with Crippen LogP contribution < -0.4 is 0 Å². The average Bonchev–Trinajstić information content (AvgIpc) is 3.45. The summed E-state index contributed by atoms with van der Waals surface area (Å²) in [5, 5.41) is 6.84. The summed E-state index contributed by atoms with van der Waals surface area (Å²) in [6.45, 7) is 0.622. The van der Waals surface area contributed by atoms with Gasteiger partial charge in [0, 0.05) is 47.8 Å². The highest BCUT2D eigenvalue weighted by Gasteiger charge is 2.43. The van der Waals surface area contributed by atoms with Gasteiger partial charge in [-0.15, -0.1) is 0 Å². The quantitative estimate of drug-likeness (QED) is 0.437. The summed E-state index contributed by atoms with van der Waals surface area (Å²) in [6.07, 6.45) is 13.0. The summed E-state index contributed by atoms with van der Waals surface area (Å²) < 4.78 is 1.88. The van der Waals surface area contributed by atoms with Crippen LogP contribution >= 0.6 is 0 Å². The van der Waals surface area contributed by atoms with E-state index in [-0.39, 0.29) is 5.91 Å². The maximum Gasteiger partial charge on any atom is 0.254 e. The molecule has 0 aliphatic carbocycles. The lowest BCUT2D eigenvalue weighted by molar-refractivity contribution is 0.0523. The van der Waals surface area contributed by atoms with Crippen molar-refractivity contribution >= 4 is 16.7 Å². The van der Waals surface area contributed by atoms with Crippen LogP contribution in [0.5, 0.6) is 0 Å². The van der Waals surface area contributed by atoms with E-state index in [0.717, 1.165) is 43.2 Å². The Balaban J connectivity index is 1.21. The maximum atomic E-state index is 13.7. The second kappa shape index (κ2) is 8.47. The monoisotopic (exact) mass is 436 g/mol. The van der Waals surface area contributed by atoms with E-state index in [1.807, 2.05) is 47.5 Å². The standard InChI is InChI=1S/C28H28N4O/c33-28(27-8-2-1-5-23(27)19-31-14-4-12-30-31)32-24-9-10-25(32)17-20(16-24)15-21-6-3-7-22-18-29-13-11-26(21)22/h1-8,11-14,18,20,24-25H,9-10,15-17,19H2/t24-,25-/m0/s1. The number of hydrogen-bond acceptors (Lipinski definition) is 3. The lowest BCUT2D eigenvalue weighted by atomic mass is 9.84. The van der Waals surface area contributed by atoms with E-state index in [4.69, 9.17) is 0 Å². The topological polar surface area (TPSA) is 51.0 Å². The van der Waals surface area contributed by atoms with Gasteiger partial charge in [-0.2, -0.15) is 5.10 Å². The number of pyridine rings is 1. The van der Waals surface area contributed by atoms with Crippen molar-refractivity contribution in [3.05, 3.63) is 96.1 Å². The molecule has 4 aromatic rings. The molecule has 5 nitrogen and oxygen atoms in total. The van der Waals surface area contributed by atoms with Crippen molar-refractivity contribution in [2.75, 3.05) is 0 Å². The third-order valence-electron chi connectivity index (χ3n) is 7.48. The Hall–Kier alpha value is -3.47. The molecule has 4 heterocycles. The summed E-state index contributed by atoms with van der Waals surface area (Å²) in [5.41, 5.74) is 3.27. The molecule has 2 saturated heterocycles. The first-order valence-corrected chi connectivity index (χ1v) is 12.0. The molecule has 1 amide bonds. The normalized spacial score (nSPS) is 22.1. The fraction of sp³-hybridized carbons (Fsp3) is 0.321. The zero-order valence-electron chi connectivity index (χ0n) is 18.7. The van der Waals surface area contributed by atoms with Gasteiger partial charge in [0.1, 0.15) is 0 Å². The van der Waals surface area contributed by atoms with Gasteiger partial charge in [-0.1, -0.05) is 36.4 Å². The molecule has 166 valence electrons. The van der Waals surface area contributed by atoms with Crippen LogP contribution in [0.3, 0.4) is 0 Å². The third-order valence-corrected chi connectivity index (χ3v) is 7.48. The molecule has 2 bridgehead atoms. The van der Waals surface area contributed by atoms with Crippen molar-refractivity contribution in [2.24, 2.45) is 5.92 Å². The van der Waals surface area contributed by atoms with Crippen molar-refractivity contribution in [1.82, 2.24) is 19.7 Å². The second-order valence-electron chi connectivity index (χ2n) is 9.51. The lowest BCUT2D eigenvalue weighted by Crippen LogP contribution is -2.47. The van der Waals surface area contributed by atoms with Gasteiger partial charge in [0.15, 0.2) is 0 Å². The number of carbonyl (C=O) groups excluding carboxylic acids is 1. The number of fused-ring (bicyclic) bond motifs is 3. The molecule has 2 aromatic carbocycles. The molecule has 6 rings (SSSR count).